The minimum Gasteiger partial charge on any atom is -0.496 e. The summed E-state index contributed by atoms with van der Waals surface area (Å²) in [5.74, 6) is 2.01. The first-order chi connectivity index (χ1) is 8.43. The maximum absolute atomic E-state index is 5.49. The molecule has 1 rings (SSSR count). The van der Waals surface area contributed by atoms with Gasteiger partial charge in [0, 0.05) is 17.4 Å². The average molecular weight is 267 g/mol. The van der Waals surface area contributed by atoms with Crippen molar-refractivity contribution in [3.05, 3.63) is 29.3 Å². The molecular weight excluding hydrogens is 242 g/mol. The van der Waals surface area contributed by atoms with E-state index in [4.69, 9.17) is 4.74 Å². The van der Waals surface area contributed by atoms with E-state index in [1.807, 2.05) is 18.8 Å². The van der Waals surface area contributed by atoms with Crippen molar-refractivity contribution >= 4 is 11.8 Å². The molecular formula is C15H25NOS. The minimum absolute atomic E-state index is 0.165. The SMILES string of the molecule is CNC(CSC)c1cc(C(C)(C)C)ccc1OC. The Balaban J connectivity index is 3.20. The molecule has 0 radical (unpaired) electrons. The Labute approximate surface area is 116 Å². The van der Waals surface area contributed by atoms with Gasteiger partial charge in [0.25, 0.3) is 0 Å². The third-order valence-corrected chi connectivity index (χ3v) is 3.82. The Kier molecular flexibility index (Phi) is 5.54. The van der Waals surface area contributed by atoms with Crippen molar-refractivity contribution in [1.29, 1.82) is 0 Å². The zero-order chi connectivity index (χ0) is 13.8. The lowest BCUT2D eigenvalue weighted by Gasteiger charge is -2.24. The van der Waals surface area contributed by atoms with Gasteiger partial charge in [-0.25, -0.2) is 0 Å². The summed E-state index contributed by atoms with van der Waals surface area (Å²) < 4.78 is 5.49. The summed E-state index contributed by atoms with van der Waals surface area (Å²) >= 11 is 1.84. The van der Waals surface area contributed by atoms with Crippen LogP contribution in [-0.4, -0.2) is 26.2 Å². The number of rotatable bonds is 5. The van der Waals surface area contributed by atoms with E-state index in [0.717, 1.165) is 11.5 Å². The summed E-state index contributed by atoms with van der Waals surface area (Å²) in [5, 5.41) is 3.37. The lowest BCUT2D eigenvalue weighted by atomic mass is 9.85. The Morgan fingerprint density at radius 3 is 2.44 bits per heavy atom. The molecule has 1 atom stereocenters. The van der Waals surface area contributed by atoms with Crippen LogP contribution in [0.2, 0.25) is 0 Å². The van der Waals surface area contributed by atoms with Gasteiger partial charge in [-0.2, -0.15) is 11.8 Å². The first-order valence-corrected chi connectivity index (χ1v) is 7.68. The summed E-state index contributed by atoms with van der Waals surface area (Å²) in [4.78, 5) is 0. The Bertz CT molecular complexity index is 385. The third kappa shape index (κ3) is 3.66. The minimum atomic E-state index is 0.165. The molecule has 0 heterocycles. The highest BCUT2D eigenvalue weighted by molar-refractivity contribution is 7.98. The second-order valence-electron chi connectivity index (χ2n) is 5.50. The molecule has 1 unspecified atom stereocenters. The van der Waals surface area contributed by atoms with Crippen LogP contribution in [0.3, 0.4) is 0 Å². The number of ether oxygens (including phenoxy) is 1. The highest BCUT2D eigenvalue weighted by atomic mass is 32.2. The maximum atomic E-state index is 5.49. The largest absolute Gasteiger partial charge is 0.496 e. The normalized spacial score (nSPS) is 13.4. The molecule has 0 fully saturated rings. The molecule has 0 aliphatic rings. The summed E-state index contributed by atoms with van der Waals surface area (Å²) in [5.41, 5.74) is 2.76. The predicted molar refractivity (Wildman–Crippen MR) is 81.9 cm³/mol. The van der Waals surface area contributed by atoms with Gasteiger partial charge in [0.1, 0.15) is 5.75 Å². The van der Waals surface area contributed by atoms with Gasteiger partial charge in [-0.15, -0.1) is 0 Å². The number of methoxy groups -OCH3 is 1. The van der Waals surface area contributed by atoms with Crippen LogP contribution >= 0.6 is 11.8 Å². The van der Waals surface area contributed by atoms with Crippen LogP contribution in [0.25, 0.3) is 0 Å². The van der Waals surface area contributed by atoms with Gasteiger partial charge in [-0.3, -0.25) is 0 Å². The number of hydrogen-bond acceptors (Lipinski definition) is 3. The van der Waals surface area contributed by atoms with E-state index in [0.29, 0.717) is 6.04 Å². The zero-order valence-corrected chi connectivity index (χ0v) is 13.1. The van der Waals surface area contributed by atoms with Gasteiger partial charge in [-0.05, 0) is 36.4 Å². The Morgan fingerprint density at radius 2 is 2.00 bits per heavy atom. The molecule has 1 N–H and O–H groups in total. The zero-order valence-electron chi connectivity index (χ0n) is 12.3. The van der Waals surface area contributed by atoms with Crippen LogP contribution in [0.15, 0.2) is 18.2 Å². The lowest BCUT2D eigenvalue weighted by molar-refractivity contribution is 0.403. The highest BCUT2D eigenvalue weighted by Crippen LogP contribution is 2.32. The van der Waals surface area contributed by atoms with E-state index in [9.17, 15) is 0 Å². The molecule has 0 aliphatic carbocycles. The molecule has 2 nitrogen and oxygen atoms in total. The number of nitrogens with one attached hydrogen (secondary N) is 1. The quantitative estimate of drug-likeness (QED) is 0.880. The van der Waals surface area contributed by atoms with Gasteiger partial charge >= 0.3 is 0 Å². The molecule has 18 heavy (non-hydrogen) atoms. The smallest absolute Gasteiger partial charge is 0.123 e. The van der Waals surface area contributed by atoms with Crippen LogP contribution in [0.4, 0.5) is 0 Å². The number of hydrogen-bond donors (Lipinski definition) is 1. The molecule has 0 amide bonds. The first-order valence-electron chi connectivity index (χ1n) is 6.28. The number of benzene rings is 1. The standard InChI is InChI=1S/C15H25NOS/c1-15(2,3)11-7-8-14(17-5)12(9-11)13(16-4)10-18-6/h7-9,13,16H,10H2,1-6H3. The molecule has 0 aliphatic heterocycles. The van der Waals surface area contributed by atoms with Crippen molar-refractivity contribution in [3.63, 3.8) is 0 Å². The molecule has 3 heteroatoms. The molecule has 0 spiro atoms. The predicted octanol–water partition coefficient (Wildman–Crippen LogP) is 3.62. The van der Waals surface area contributed by atoms with Gasteiger partial charge in [0.2, 0.25) is 0 Å². The monoisotopic (exact) mass is 267 g/mol. The van der Waals surface area contributed by atoms with Crippen LogP contribution < -0.4 is 10.1 Å². The van der Waals surface area contributed by atoms with Crippen LogP contribution in [0, 0.1) is 0 Å². The van der Waals surface area contributed by atoms with Crippen LogP contribution in [0.5, 0.6) is 5.75 Å². The highest BCUT2D eigenvalue weighted by Gasteiger charge is 2.19. The van der Waals surface area contributed by atoms with E-state index in [1.54, 1.807) is 7.11 Å². The van der Waals surface area contributed by atoms with Crippen LogP contribution in [0.1, 0.15) is 37.9 Å². The summed E-state index contributed by atoms with van der Waals surface area (Å²) in [6.07, 6.45) is 2.13. The first kappa shape index (κ1) is 15.4. The fraction of sp³-hybridized carbons (Fsp3) is 0.600. The molecule has 1 aromatic rings. The molecule has 102 valence electrons. The molecule has 0 saturated carbocycles. The number of thioether (sulfide) groups is 1. The summed E-state index contributed by atoms with van der Waals surface area (Å²) in [7, 11) is 3.74. The fourth-order valence-corrected chi connectivity index (χ4v) is 2.65. The van der Waals surface area contributed by atoms with E-state index in [1.165, 1.54) is 11.1 Å². The van der Waals surface area contributed by atoms with Crippen molar-refractivity contribution in [1.82, 2.24) is 5.32 Å². The second-order valence-corrected chi connectivity index (χ2v) is 6.41. The van der Waals surface area contributed by atoms with Crippen molar-refractivity contribution in [3.8, 4) is 5.75 Å². The summed E-state index contributed by atoms with van der Waals surface area (Å²) in [6.45, 7) is 6.71. The van der Waals surface area contributed by atoms with Gasteiger partial charge in [0.15, 0.2) is 0 Å². The molecule has 1 aromatic carbocycles. The topological polar surface area (TPSA) is 21.3 Å². The lowest BCUT2D eigenvalue weighted by Crippen LogP contribution is -2.21. The Hall–Kier alpha value is -0.670. The van der Waals surface area contributed by atoms with Crippen molar-refractivity contribution in [2.75, 3.05) is 26.2 Å². The van der Waals surface area contributed by atoms with E-state index in [-0.39, 0.29) is 5.41 Å². The second kappa shape index (κ2) is 6.48. The van der Waals surface area contributed by atoms with E-state index < -0.39 is 0 Å². The van der Waals surface area contributed by atoms with Gasteiger partial charge < -0.3 is 10.1 Å². The Morgan fingerprint density at radius 1 is 1.33 bits per heavy atom. The molecule has 0 aromatic heterocycles. The summed E-state index contributed by atoms with van der Waals surface area (Å²) in [6, 6.07) is 6.85. The van der Waals surface area contributed by atoms with E-state index >= 15 is 0 Å². The molecule has 0 bridgehead atoms. The molecule has 0 saturated heterocycles. The van der Waals surface area contributed by atoms with E-state index in [2.05, 4.69) is 50.5 Å². The van der Waals surface area contributed by atoms with Crippen LogP contribution in [-0.2, 0) is 5.41 Å². The van der Waals surface area contributed by atoms with Gasteiger partial charge in [0.05, 0.1) is 7.11 Å². The average Bonchev–Trinajstić information content (AvgIpc) is 2.34. The van der Waals surface area contributed by atoms with Crippen molar-refractivity contribution in [2.45, 2.75) is 32.2 Å². The van der Waals surface area contributed by atoms with Crippen molar-refractivity contribution in [2.24, 2.45) is 0 Å². The van der Waals surface area contributed by atoms with Crippen molar-refractivity contribution < 1.29 is 4.74 Å². The third-order valence-electron chi connectivity index (χ3n) is 3.15. The van der Waals surface area contributed by atoms with Gasteiger partial charge in [-0.1, -0.05) is 26.8 Å². The maximum Gasteiger partial charge on any atom is 0.123 e. The fourth-order valence-electron chi connectivity index (χ4n) is 1.97.